The zero-order chi connectivity index (χ0) is 31.0. The number of furan rings is 1. The molecule has 0 fully saturated rings. The Morgan fingerprint density at radius 2 is 1.86 bits per heavy atom. The molecule has 0 spiro atoms. The Kier molecular flexibility index (Phi) is 7.77. The zero-order valence-electron chi connectivity index (χ0n) is 23.4. The highest BCUT2D eigenvalue weighted by Gasteiger charge is 2.33. The molecule has 2 N–H and O–H groups in total. The molecular formula is C33H24ClN3O6S. The van der Waals surface area contributed by atoms with Crippen LogP contribution in [0.25, 0.3) is 17.4 Å². The molecule has 1 aliphatic rings. The van der Waals surface area contributed by atoms with Crippen LogP contribution in [0.2, 0.25) is 5.02 Å². The van der Waals surface area contributed by atoms with Gasteiger partial charge in [-0.15, -0.1) is 0 Å². The molecule has 44 heavy (non-hydrogen) atoms. The molecule has 1 atom stereocenters. The van der Waals surface area contributed by atoms with Gasteiger partial charge in [0, 0.05) is 17.3 Å². The van der Waals surface area contributed by atoms with Crippen molar-refractivity contribution in [3.8, 4) is 17.1 Å². The van der Waals surface area contributed by atoms with Gasteiger partial charge < -0.3 is 19.6 Å². The fourth-order valence-electron chi connectivity index (χ4n) is 5.01. The van der Waals surface area contributed by atoms with Crippen molar-refractivity contribution in [3.63, 3.8) is 0 Å². The standard InChI is InChI=1S/C33H24ClN3O6S/c1-18-28(30(38)36-21-8-4-3-5-9-21)29(19-7-6-10-22(15-19)42-2)37-31(39)27(44-33(37)35-18)17-23-12-14-26(43-23)24-16-20(32(40)41)11-13-25(24)34/h3-17,29H,1-2H3,(H,36,38)(H,40,41)/b27-17-/t29-/m1/s1. The van der Waals surface area contributed by atoms with Crippen LogP contribution in [-0.4, -0.2) is 28.7 Å². The summed E-state index contributed by atoms with van der Waals surface area (Å²) in [4.78, 5) is 44.3. The molecule has 11 heteroatoms. The average Bonchev–Trinajstić information content (AvgIpc) is 3.60. The molecule has 0 aliphatic carbocycles. The first-order valence-electron chi connectivity index (χ1n) is 13.4. The molecule has 0 bridgehead atoms. The van der Waals surface area contributed by atoms with Gasteiger partial charge in [0.15, 0.2) is 4.80 Å². The Morgan fingerprint density at radius 1 is 1.07 bits per heavy atom. The van der Waals surface area contributed by atoms with E-state index < -0.39 is 12.0 Å². The second kappa shape index (κ2) is 11.8. The van der Waals surface area contributed by atoms with Crippen molar-refractivity contribution < 1.29 is 23.8 Å². The number of rotatable bonds is 7. The van der Waals surface area contributed by atoms with E-state index in [-0.39, 0.29) is 17.0 Å². The largest absolute Gasteiger partial charge is 0.497 e. The number of aromatic carboxylic acids is 1. The van der Waals surface area contributed by atoms with Gasteiger partial charge >= 0.3 is 5.97 Å². The van der Waals surface area contributed by atoms with Crippen molar-refractivity contribution in [2.24, 2.45) is 4.99 Å². The summed E-state index contributed by atoms with van der Waals surface area (Å²) in [5.41, 5.74) is 2.22. The second-order valence-corrected chi connectivity index (χ2v) is 11.3. The third-order valence-electron chi connectivity index (χ3n) is 7.09. The molecule has 5 aromatic rings. The highest BCUT2D eigenvalue weighted by Crippen LogP contribution is 2.33. The van der Waals surface area contributed by atoms with Crippen LogP contribution in [0.1, 0.15) is 34.6 Å². The number of carbonyl (C=O) groups excluding carboxylic acids is 1. The van der Waals surface area contributed by atoms with E-state index in [1.807, 2.05) is 24.3 Å². The van der Waals surface area contributed by atoms with Crippen LogP contribution in [0.5, 0.6) is 5.75 Å². The van der Waals surface area contributed by atoms with Crippen LogP contribution in [0.3, 0.4) is 0 Å². The van der Waals surface area contributed by atoms with Gasteiger partial charge in [-0.05, 0) is 67.1 Å². The van der Waals surface area contributed by atoms with Gasteiger partial charge in [0.25, 0.3) is 11.5 Å². The Hall–Kier alpha value is -5.19. The lowest BCUT2D eigenvalue weighted by Gasteiger charge is -2.25. The van der Waals surface area contributed by atoms with Gasteiger partial charge in [0.05, 0.1) is 39.5 Å². The first-order valence-corrected chi connectivity index (χ1v) is 14.6. The van der Waals surface area contributed by atoms with Crippen molar-refractivity contribution in [2.75, 3.05) is 12.4 Å². The maximum Gasteiger partial charge on any atom is 0.335 e. The maximum atomic E-state index is 14.0. The van der Waals surface area contributed by atoms with Crippen LogP contribution in [-0.2, 0) is 4.79 Å². The Balaban J connectivity index is 1.45. The van der Waals surface area contributed by atoms with E-state index in [0.29, 0.717) is 59.7 Å². The molecule has 3 aromatic carbocycles. The van der Waals surface area contributed by atoms with Gasteiger partial charge in [-0.2, -0.15) is 0 Å². The number of nitrogens with zero attached hydrogens (tertiary/aromatic N) is 2. The molecule has 1 aliphatic heterocycles. The number of fused-ring (bicyclic) bond motifs is 1. The lowest BCUT2D eigenvalue weighted by Crippen LogP contribution is -2.40. The van der Waals surface area contributed by atoms with E-state index in [1.54, 1.807) is 62.6 Å². The van der Waals surface area contributed by atoms with Crippen molar-refractivity contribution in [3.05, 3.63) is 138 Å². The third kappa shape index (κ3) is 5.48. The summed E-state index contributed by atoms with van der Waals surface area (Å²) in [5.74, 6) is -0.181. The van der Waals surface area contributed by atoms with Crippen molar-refractivity contribution in [2.45, 2.75) is 13.0 Å². The number of benzene rings is 3. The molecular weight excluding hydrogens is 602 g/mol. The molecule has 3 heterocycles. The minimum atomic E-state index is -1.09. The summed E-state index contributed by atoms with van der Waals surface area (Å²) in [6, 6.07) is 23.2. The molecule has 9 nitrogen and oxygen atoms in total. The number of hydrogen-bond donors (Lipinski definition) is 2. The third-order valence-corrected chi connectivity index (χ3v) is 8.40. The van der Waals surface area contributed by atoms with Crippen molar-refractivity contribution >= 4 is 46.6 Å². The molecule has 2 aromatic heterocycles. The van der Waals surface area contributed by atoms with Gasteiger partial charge in [0.1, 0.15) is 17.3 Å². The quantitative estimate of drug-likeness (QED) is 0.246. The van der Waals surface area contributed by atoms with E-state index in [4.69, 9.17) is 20.8 Å². The molecule has 220 valence electrons. The number of aromatic nitrogens is 1. The van der Waals surface area contributed by atoms with E-state index in [2.05, 4.69) is 10.3 Å². The number of carboxylic acid groups (broad SMARTS) is 1. The lowest BCUT2D eigenvalue weighted by molar-refractivity contribution is -0.113. The summed E-state index contributed by atoms with van der Waals surface area (Å²) < 4.78 is 13.3. The van der Waals surface area contributed by atoms with Crippen molar-refractivity contribution in [1.82, 2.24) is 4.57 Å². The molecule has 0 radical (unpaired) electrons. The van der Waals surface area contributed by atoms with E-state index in [1.165, 1.54) is 34.1 Å². The van der Waals surface area contributed by atoms with Gasteiger partial charge in [-0.3, -0.25) is 14.2 Å². The average molecular weight is 626 g/mol. The van der Waals surface area contributed by atoms with Gasteiger partial charge in [-0.25, -0.2) is 9.79 Å². The predicted molar refractivity (Wildman–Crippen MR) is 168 cm³/mol. The smallest absolute Gasteiger partial charge is 0.335 e. The number of thiazole rings is 1. The Morgan fingerprint density at radius 3 is 2.61 bits per heavy atom. The van der Waals surface area contributed by atoms with E-state index in [9.17, 15) is 19.5 Å². The number of methoxy groups -OCH3 is 1. The number of ether oxygens (including phenoxy) is 1. The first kappa shape index (κ1) is 28.9. The number of para-hydroxylation sites is 1. The molecule has 0 unspecified atom stereocenters. The number of hydrogen-bond acceptors (Lipinski definition) is 7. The molecule has 0 saturated heterocycles. The van der Waals surface area contributed by atoms with Gasteiger partial charge in [0.2, 0.25) is 0 Å². The lowest BCUT2D eigenvalue weighted by atomic mass is 9.95. The Bertz CT molecular complexity index is 2150. The van der Waals surface area contributed by atoms with Crippen LogP contribution < -0.4 is 24.9 Å². The normalized spacial score (nSPS) is 14.6. The highest BCUT2D eigenvalue weighted by atomic mass is 35.5. The van der Waals surface area contributed by atoms with Crippen LogP contribution in [0, 0.1) is 0 Å². The molecule has 0 saturated carbocycles. The topological polar surface area (TPSA) is 123 Å². The predicted octanol–water partition coefficient (Wildman–Crippen LogP) is 5.49. The minimum absolute atomic E-state index is 0.0654. The number of halogens is 1. The van der Waals surface area contributed by atoms with Crippen LogP contribution in [0.4, 0.5) is 5.69 Å². The number of nitrogens with one attached hydrogen (secondary N) is 1. The summed E-state index contributed by atoms with van der Waals surface area (Å²) in [5, 5.41) is 12.6. The number of anilines is 1. The van der Waals surface area contributed by atoms with Gasteiger partial charge in [-0.1, -0.05) is 53.3 Å². The minimum Gasteiger partial charge on any atom is -0.497 e. The molecule has 6 rings (SSSR count). The zero-order valence-corrected chi connectivity index (χ0v) is 25.0. The monoisotopic (exact) mass is 625 g/mol. The number of carbonyl (C=O) groups is 2. The van der Waals surface area contributed by atoms with Crippen LogP contribution >= 0.6 is 22.9 Å². The summed E-state index contributed by atoms with van der Waals surface area (Å²) in [6.45, 7) is 1.75. The summed E-state index contributed by atoms with van der Waals surface area (Å²) in [6.07, 6.45) is 1.59. The summed E-state index contributed by atoms with van der Waals surface area (Å²) >= 11 is 7.49. The SMILES string of the molecule is COc1cccc([C@@H]2C(C(=O)Nc3ccccc3)=C(C)N=c3s/c(=C\c4ccc(-c5cc(C(=O)O)ccc5Cl)o4)c(=O)n32)c1. The number of allylic oxidation sites excluding steroid dienone is 1. The van der Waals surface area contributed by atoms with E-state index in [0.717, 1.165) is 0 Å². The molecule has 1 amide bonds. The highest BCUT2D eigenvalue weighted by molar-refractivity contribution is 7.07. The maximum absolute atomic E-state index is 14.0. The van der Waals surface area contributed by atoms with Crippen molar-refractivity contribution in [1.29, 1.82) is 0 Å². The van der Waals surface area contributed by atoms with E-state index >= 15 is 0 Å². The fraction of sp³-hybridized carbons (Fsp3) is 0.0909. The number of carboxylic acids is 1. The summed E-state index contributed by atoms with van der Waals surface area (Å²) in [7, 11) is 1.55. The fourth-order valence-corrected chi connectivity index (χ4v) is 6.25. The second-order valence-electron chi connectivity index (χ2n) is 9.88. The number of amides is 1. The first-order chi connectivity index (χ1) is 21.2. The Labute approximate surface area is 259 Å². The van der Waals surface area contributed by atoms with Crippen LogP contribution in [0.15, 0.2) is 110 Å².